The minimum atomic E-state index is -1.05. The van der Waals surface area contributed by atoms with E-state index in [1.165, 1.54) is 0 Å². The lowest BCUT2D eigenvalue weighted by molar-refractivity contribution is -0.387. The Labute approximate surface area is 101 Å². The average molecular weight is 259 g/mol. The summed E-state index contributed by atoms with van der Waals surface area (Å²) in [7, 11) is 0. The first-order valence-electron chi connectivity index (χ1n) is 4.93. The Hall–Kier alpha value is -1.69. The van der Waals surface area contributed by atoms with Gasteiger partial charge in [0.15, 0.2) is 0 Å². The van der Waals surface area contributed by atoms with E-state index in [0.717, 1.165) is 25.0 Å². The van der Waals surface area contributed by atoms with Gasteiger partial charge in [-0.2, -0.15) is 4.39 Å². The van der Waals surface area contributed by atoms with Crippen LogP contribution in [0.4, 0.5) is 10.1 Å². The van der Waals surface area contributed by atoms with Crippen molar-refractivity contribution >= 4 is 23.2 Å². The molecule has 5 nitrogen and oxygen atoms in total. The van der Waals surface area contributed by atoms with Gasteiger partial charge < -0.3 is 5.32 Å². The van der Waals surface area contributed by atoms with E-state index in [0.29, 0.717) is 0 Å². The standard InChI is InChI=1S/C10H8ClFN2O3/c11-7-4-8(12)9(14(16)17)3-6(7)10(15)13-5-1-2-5/h3-5H,1-2H2,(H,13,15). The first-order valence-corrected chi connectivity index (χ1v) is 5.31. The molecule has 0 radical (unpaired) electrons. The molecule has 1 N–H and O–H groups in total. The van der Waals surface area contributed by atoms with Crippen molar-refractivity contribution in [3.8, 4) is 0 Å². The van der Waals surface area contributed by atoms with Crippen LogP contribution in [0.5, 0.6) is 0 Å². The maximum atomic E-state index is 13.2. The topological polar surface area (TPSA) is 72.2 Å². The fraction of sp³-hybridized carbons (Fsp3) is 0.300. The molecule has 0 spiro atoms. The summed E-state index contributed by atoms with van der Waals surface area (Å²) < 4.78 is 13.2. The van der Waals surface area contributed by atoms with Crippen LogP contribution in [0.15, 0.2) is 12.1 Å². The van der Waals surface area contributed by atoms with E-state index in [9.17, 15) is 19.3 Å². The molecule has 1 aromatic rings. The van der Waals surface area contributed by atoms with Crippen LogP contribution in [0.1, 0.15) is 23.2 Å². The number of carbonyl (C=O) groups excluding carboxylic acids is 1. The van der Waals surface area contributed by atoms with Crippen LogP contribution < -0.4 is 5.32 Å². The van der Waals surface area contributed by atoms with Gasteiger partial charge in [0, 0.05) is 18.2 Å². The predicted molar refractivity (Wildman–Crippen MR) is 58.6 cm³/mol. The highest BCUT2D eigenvalue weighted by Gasteiger charge is 2.27. The van der Waals surface area contributed by atoms with Crippen LogP contribution in [0.3, 0.4) is 0 Å². The summed E-state index contributed by atoms with van der Waals surface area (Å²) in [5.41, 5.74) is -0.831. The molecule has 0 atom stereocenters. The number of benzene rings is 1. The molecule has 1 fully saturated rings. The fourth-order valence-corrected chi connectivity index (χ4v) is 1.58. The number of nitrogens with one attached hydrogen (secondary N) is 1. The van der Waals surface area contributed by atoms with E-state index in [2.05, 4.69) is 5.32 Å². The van der Waals surface area contributed by atoms with Crippen molar-refractivity contribution in [2.75, 3.05) is 0 Å². The Morgan fingerprint density at radius 1 is 1.53 bits per heavy atom. The molecule has 0 saturated heterocycles. The molecule has 1 aromatic carbocycles. The van der Waals surface area contributed by atoms with E-state index in [1.54, 1.807) is 0 Å². The highest BCUT2D eigenvalue weighted by Crippen LogP contribution is 2.27. The van der Waals surface area contributed by atoms with Gasteiger partial charge in [-0.15, -0.1) is 0 Å². The lowest BCUT2D eigenvalue weighted by Gasteiger charge is -2.05. The Balaban J connectivity index is 2.34. The van der Waals surface area contributed by atoms with Crippen molar-refractivity contribution in [3.63, 3.8) is 0 Å². The zero-order valence-corrected chi connectivity index (χ0v) is 9.33. The van der Waals surface area contributed by atoms with Gasteiger partial charge in [-0.25, -0.2) is 0 Å². The van der Waals surface area contributed by atoms with Crippen LogP contribution in [-0.4, -0.2) is 16.9 Å². The highest BCUT2D eigenvalue weighted by molar-refractivity contribution is 6.34. The molecule has 0 heterocycles. The molecular weight excluding hydrogens is 251 g/mol. The molecule has 1 amide bonds. The number of nitro groups is 1. The van der Waals surface area contributed by atoms with Gasteiger partial charge in [0.2, 0.25) is 5.82 Å². The van der Waals surface area contributed by atoms with Gasteiger partial charge in [-0.1, -0.05) is 11.6 Å². The molecule has 0 unspecified atom stereocenters. The Morgan fingerprint density at radius 2 is 2.18 bits per heavy atom. The summed E-state index contributed by atoms with van der Waals surface area (Å²) in [6.07, 6.45) is 1.76. The van der Waals surface area contributed by atoms with Gasteiger partial charge >= 0.3 is 5.69 Å². The van der Waals surface area contributed by atoms with Crippen LogP contribution in [0.25, 0.3) is 0 Å². The number of nitro benzene ring substituents is 1. The summed E-state index contributed by atoms with van der Waals surface area (Å²) in [5.74, 6) is -1.57. The Morgan fingerprint density at radius 3 is 2.71 bits per heavy atom. The zero-order chi connectivity index (χ0) is 12.6. The normalized spacial score (nSPS) is 14.5. The van der Waals surface area contributed by atoms with Gasteiger partial charge in [0.05, 0.1) is 15.5 Å². The maximum Gasteiger partial charge on any atom is 0.305 e. The second-order valence-corrected chi connectivity index (χ2v) is 4.20. The molecular formula is C10H8ClFN2O3. The monoisotopic (exact) mass is 258 g/mol. The molecule has 90 valence electrons. The van der Waals surface area contributed by atoms with Crippen molar-refractivity contribution in [1.29, 1.82) is 0 Å². The first kappa shape index (κ1) is 11.8. The quantitative estimate of drug-likeness (QED) is 0.668. The number of hydrogen-bond donors (Lipinski definition) is 1. The van der Waals surface area contributed by atoms with Gasteiger partial charge in [-0.3, -0.25) is 14.9 Å². The number of hydrogen-bond acceptors (Lipinski definition) is 3. The molecule has 1 aliphatic carbocycles. The molecule has 0 aliphatic heterocycles. The van der Waals surface area contributed by atoms with E-state index >= 15 is 0 Å². The Bertz CT molecular complexity index is 503. The van der Waals surface area contributed by atoms with Crippen LogP contribution in [0, 0.1) is 15.9 Å². The summed E-state index contributed by atoms with van der Waals surface area (Å²) in [5, 5.41) is 13.0. The third-order valence-electron chi connectivity index (χ3n) is 2.39. The Kier molecular flexibility index (Phi) is 2.97. The predicted octanol–water partition coefficient (Wildman–Crippen LogP) is 2.28. The third-order valence-corrected chi connectivity index (χ3v) is 2.70. The first-order chi connectivity index (χ1) is 7.99. The van der Waals surface area contributed by atoms with Crippen LogP contribution in [0.2, 0.25) is 5.02 Å². The van der Waals surface area contributed by atoms with Crippen molar-refractivity contribution in [1.82, 2.24) is 5.32 Å². The molecule has 17 heavy (non-hydrogen) atoms. The molecule has 1 saturated carbocycles. The molecule has 7 heteroatoms. The summed E-state index contributed by atoms with van der Waals surface area (Å²) in [4.78, 5) is 21.3. The van der Waals surface area contributed by atoms with Crippen molar-refractivity contribution in [2.45, 2.75) is 18.9 Å². The smallest absolute Gasteiger partial charge is 0.305 e. The number of nitrogens with zero attached hydrogens (tertiary/aromatic N) is 1. The highest BCUT2D eigenvalue weighted by atomic mass is 35.5. The second-order valence-electron chi connectivity index (χ2n) is 3.79. The minimum Gasteiger partial charge on any atom is -0.349 e. The number of halogens is 2. The van der Waals surface area contributed by atoms with Crippen molar-refractivity contribution in [3.05, 3.63) is 38.7 Å². The second kappa shape index (κ2) is 4.29. The third kappa shape index (κ3) is 2.52. The zero-order valence-electron chi connectivity index (χ0n) is 8.57. The summed E-state index contributed by atoms with van der Waals surface area (Å²) in [6, 6.07) is 1.74. The molecule has 1 aliphatic rings. The van der Waals surface area contributed by atoms with Gasteiger partial charge in [0.25, 0.3) is 5.91 Å². The lowest BCUT2D eigenvalue weighted by atomic mass is 10.1. The number of amides is 1. The maximum absolute atomic E-state index is 13.2. The number of carbonyl (C=O) groups is 1. The molecule has 0 bridgehead atoms. The van der Waals surface area contributed by atoms with E-state index in [1.807, 2.05) is 0 Å². The van der Waals surface area contributed by atoms with Gasteiger partial charge in [0.1, 0.15) is 0 Å². The largest absolute Gasteiger partial charge is 0.349 e. The van der Waals surface area contributed by atoms with Crippen LogP contribution in [-0.2, 0) is 0 Å². The number of rotatable bonds is 3. The lowest BCUT2D eigenvalue weighted by Crippen LogP contribution is -2.25. The molecule has 0 aromatic heterocycles. The van der Waals surface area contributed by atoms with E-state index in [-0.39, 0.29) is 16.6 Å². The van der Waals surface area contributed by atoms with Crippen molar-refractivity contribution in [2.24, 2.45) is 0 Å². The SMILES string of the molecule is O=C(NC1CC1)c1cc([N+](=O)[O-])c(F)cc1Cl. The summed E-state index contributed by atoms with van der Waals surface area (Å²) in [6.45, 7) is 0. The fourth-order valence-electron chi connectivity index (χ4n) is 1.34. The van der Waals surface area contributed by atoms with Crippen LogP contribution >= 0.6 is 11.6 Å². The summed E-state index contributed by atoms with van der Waals surface area (Å²) >= 11 is 5.68. The van der Waals surface area contributed by atoms with E-state index < -0.39 is 22.3 Å². The van der Waals surface area contributed by atoms with Gasteiger partial charge in [-0.05, 0) is 12.8 Å². The van der Waals surface area contributed by atoms with E-state index in [4.69, 9.17) is 11.6 Å². The van der Waals surface area contributed by atoms with Crippen molar-refractivity contribution < 1.29 is 14.1 Å². The average Bonchev–Trinajstić information content (AvgIpc) is 3.00. The molecule has 2 rings (SSSR count). The minimum absolute atomic E-state index is 0.0772.